The minimum atomic E-state index is -3.11. The van der Waals surface area contributed by atoms with Crippen molar-refractivity contribution in [3.8, 4) is 11.5 Å². The molecular formula is C23H27ClF2N6O4. The van der Waals surface area contributed by atoms with Gasteiger partial charge in [-0.1, -0.05) is 11.6 Å². The second-order valence-electron chi connectivity index (χ2n) is 9.36. The lowest BCUT2D eigenvalue weighted by Crippen LogP contribution is -2.38. The zero-order chi connectivity index (χ0) is 26.3. The van der Waals surface area contributed by atoms with Gasteiger partial charge >= 0.3 is 6.09 Å². The van der Waals surface area contributed by atoms with E-state index in [-0.39, 0.29) is 29.1 Å². The minimum Gasteiger partial charge on any atom is -0.497 e. The van der Waals surface area contributed by atoms with E-state index in [0.29, 0.717) is 11.5 Å². The van der Waals surface area contributed by atoms with Crippen molar-refractivity contribution < 1.29 is 27.8 Å². The summed E-state index contributed by atoms with van der Waals surface area (Å²) in [7, 11) is 3.11. The van der Waals surface area contributed by atoms with E-state index < -0.39 is 36.6 Å². The lowest BCUT2D eigenvalue weighted by molar-refractivity contribution is -0.00248. The van der Waals surface area contributed by atoms with Crippen molar-refractivity contribution in [2.24, 2.45) is 0 Å². The van der Waals surface area contributed by atoms with Gasteiger partial charge in [-0.3, -0.25) is 4.90 Å². The molecule has 0 spiro atoms. The quantitative estimate of drug-likeness (QED) is 0.462. The summed E-state index contributed by atoms with van der Waals surface area (Å²) in [6, 6.07) is 5.75. The number of fused-ring (bicyclic) bond motifs is 1. The molecule has 1 aliphatic rings. The van der Waals surface area contributed by atoms with Crippen LogP contribution >= 0.6 is 11.6 Å². The van der Waals surface area contributed by atoms with Crippen molar-refractivity contribution in [1.82, 2.24) is 24.5 Å². The van der Waals surface area contributed by atoms with E-state index in [1.807, 2.05) is 6.07 Å². The third-order valence-corrected chi connectivity index (χ3v) is 5.63. The van der Waals surface area contributed by atoms with E-state index in [1.165, 1.54) is 10.6 Å². The van der Waals surface area contributed by atoms with Gasteiger partial charge in [0.2, 0.25) is 5.95 Å². The van der Waals surface area contributed by atoms with E-state index in [0.717, 1.165) is 10.5 Å². The Morgan fingerprint density at radius 1 is 1.22 bits per heavy atom. The Kier molecular flexibility index (Phi) is 6.82. The molecule has 1 fully saturated rings. The number of aromatic nitrogens is 4. The molecule has 194 valence electrons. The van der Waals surface area contributed by atoms with E-state index in [1.54, 1.807) is 47.1 Å². The average Bonchev–Trinajstić information content (AvgIpc) is 3.36. The highest BCUT2D eigenvalue weighted by Crippen LogP contribution is 2.41. The van der Waals surface area contributed by atoms with Crippen LogP contribution in [0.2, 0.25) is 5.15 Å². The predicted octanol–water partition coefficient (Wildman–Crippen LogP) is 4.72. The van der Waals surface area contributed by atoms with Gasteiger partial charge in [-0.05, 0) is 32.9 Å². The molecular weight excluding hydrogens is 498 g/mol. The van der Waals surface area contributed by atoms with Gasteiger partial charge in [-0.15, -0.1) is 5.10 Å². The fraction of sp³-hybridized carbons (Fsp3) is 0.478. The largest absolute Gasteiger partial charge is 0.497 e. The van der Waals surface area contributed by atoms with Crippen LogP contribution in [0.1, 0.15) is 44.6 Å². The molecule has 1 N–H and O–H groups in total. The minimum absolute atomic E-state index is 0.0344. The molecule has 1 saturated heterocycles. The number of benzene rings is 1. The van der Waals surface area contributed by atoms with Gasteiger partial charge in [0.1, 0.15) is 28.3 Å². The fourth-order valence-electron chi connectivity index (χ4n) is 3.87. The van der Waals surface area contributed by atoms with Crippen LogP contribution in [-0.2, 0) is 11.3 Å². The maximum Gasteiger partial charge on any atom is 0.411 e. The molecule has 36 heavy (non-hydrogen) atoms. The first-order valence-electron chi connectivity index (χ1n) is 11.1. The number of anilines is 1. The summed E-state index contributed by atoms with van der Waals surface area (Å²) in [6.07, 6.45) is -1.49. The van der Waals surface area contributed by atoms with Gasteiger partial charge in [0.15, 0.2) is 11.5 Å². The van der Waals surface area contributed by atoms with Gasteiger partial charge in [-0.2, -0.15) is 4.52 Å². The van der Waals surface area contributed by atoms with E-state index >= 15 is 0 Å². The van der Waals surface area contributed by atoms with Gasteiger partial charge < -0.3 is 19.5 Å². The standard InChI is InChI=1S/C23H27ClF2N6O4/c1-22(2,3)36-21(33)31-12-23(25,26)10-15(31)19-29-18-9-17(24)28-20(32(18)30-19)27-11-13-6-7-14(34-4)8-16(13)35-5/h6-9,15H,10-12H2,1-5H3,(H,27,28)/t15-/m0/s1. The maximum absolute atomic E-state index is 14.4. The Hall–Kier alpha value is -3.41. The molecule has 13 heteroatoms. The molecule has 0 saturated carbocycles. The van der Waals surface area contributed by atoms with Crippen LogP contribution in [-0.4, -0.2) is 62.9 Å². The first kappa shape index (κ1) is 25.7. The Morgan fingerprint density at radius 2 is 1.97 bits per heavy atom. The SMILES string of the molecule is COc1ccc(CNc2nc(Cl)cc3nc([C@@H]4CC(F)(F)CN4C(=O)OC(C)(C)C)nn23)c(OC)c1. The van der Waals surface area contributed by atoms with E-state index in [2.05, 4.69) is 20.4 Å². The van der Waals surface area contributed by atoms with Crippen LogP contribution < -0.4 is 14.8 Å². The molecule has 4 rings (SSSR count). The number of carbonyl (C=O) groups excluding carboxylic acids is 1. The molecule has 3 aromatic rings. The number of ether oxygens (including phenoxy) is 3. The van der Waals surface area contributed by atoms with Gasteiger partial charge in [0.25, 0.3) is 5.92 Å². The Balaban J connectivity index is 1.64. The second-order valence-corrected chi connectivity index (χ2v) is 9.75. The van der Waals surface area contributed by atoms with Crippen LogP contribution in [0.15, 0.2) is 24.3 Å². The van der Waals surface area contributed by atoms with Crippen molar-refractivity contribution in [3.05, 3.63) is 40.8 Å². The number of alkyl halides is 2. The van der Waals surface area contributed by atoms with E-state index in [9.17, 15) is 13.6 Å². The number of amides is 1. The highest BCUT2D eigenvalue weighted by atomic mass is 35.5. The van der Waals surface area contributed by atoms with E-state index in [4.69, 9.17) is 25.8 Å². The Labute approximate surface area is 211 Å². The summed E-state index contributed by atoms with van der Waals surface area (Å²) in [5.74, 6) is -1.60. The average molecular weight is 525 g/mol. The molecule has 1 aliphatic heterocycles. The molecule has 0 aliphatic carbocycles. The lowest BCUT2D eigenvalue weighted by Gasteiger charge is -2.27. The number of nitrogens with one attached hydrogen (secondary N) is 1. The number of rotatable bonds is 6. The number of methoxy groups -OCH3 is 2. The van der Waals surface area contributed by atoms with Gasteiger partial charge in [-0.25, -0.2) is 23.5 Å². The number of carbonyl (C=O) groups is 1. The summed E-state index contributed by atoms with van der Waals surface area (Å²) in [5, 5.41) is 7.66. The molecule has 10 nitrogen and oxygen atoms in total. The van der Waals surface area contributed by atoms with Crippen molar-refractivity contribution in [2.75, 3.05) is 26.1 Å². The monoisotopic (exact) mass is 524 g/mol. The Bertz CT molecular complexity index is 1280. The van der Waals surface area contributed by atoms with Crippen molar-refractivity contribution >= 4 is 29.3 Å². The third kappa shape index (κ3) is 5.53. The summed E-state index contributed by atoms with van der Waals surface area (Å²) in [6.45, 7) is 4.50. The third-order valence-electron chi connectivity index (χ3n) is 5.44. The van der Waals surface area contributed by atoms with Crippen molar-refractivity contribution in [3.63, 3.8) is 0 Å². The van der Waals surface area contributed by atoms with Crippen LogP contribution in [0.5, 0.6) is 11.5 Å². The van der Waals surface area contributed by atoms with Crippen molar-refractivity contribution in [2.45, 2.75) is 51.3 Å². The molecule has 0 bridgehead atoms. The summed E-state index contributed by atoms with van der Waals surface area (Å²) in [4.78, 5) is 22.3. The predicted molar refractivity (Wildman–Crippen MR) is 128 cm³/mol. The van der Waals surface area contributed by atoms with Crippen molar-refractivity contribution in [1.29, 1.82) is 0 Å². The topological polar surface area (TPSA) is 103 Å². The summed E-state index contributed by atoms with van der Waals surface area (Å²) in [5.41, 5.74) is 0.247. The first-order chi connectivity index (χ1) is 16.9. The van der Waals surface area contributed by atoms with Crippen LogP contribution in [0.3, 0.4) is 0 Å². The molecule has 0 unspecified atom stereocenters. The zero-order valence-corrected chi connectivity index (χ0v) is 21.3. The number of nitrogens with zero attached hydrogens (tertiary/aromatic N) is 5. The first-order valence-corrected chi connectivity index (χ1v) is 11.5. The molecule has 2 aromatic heterocycles. The number of likely N-dealkylation sites (tertiary alicyclic amines) is 1. The zero-order valence-electron chi connectivity index (χ0n) is 20.5. The second kappa shape index (κ2) is 9.57. The lowest BCUT2D eigenvalue weighted by atomic mass is 10.2. The molecule has 1 amide bonds. The number of halogens is 3. The number of hydrogen-bond donors (Lipinski definition) is 1. The van der Waals surface area contributed by atoms with Gasteiger partial charge in [0, 0.05) is 30.7 Å². The number of hydrogen-bond acceptors (Lipinski definition) is 8. The highest BCUT2D eigenvalue weighted by Gasteiger charge is 2.50. The van der Waals surface area contributed by atoms with Crippen LogP contribution in [0, 0.1) is 0 Å². The normalized spacial score (nSPS) is 17.3. The smallest absolute Gasteiger partial charge is 0.411 e. The van der Waals surface area contributed by atoms with Crippen LogP contribution in [0.25, 0.3) is 5.65 Å². The summed E-state index contributed by atoms with van der Waals surface area (Å²) < 4.78 is 46.1. The highest BCUT2D eigenvalue weighted by molar-refractivity contribution is 6.29. The Morgan fingerprint density at radius 3 is 2.64 bits per heavy atom. The molecule has 1 atom stereocenters. The summed E-state index contributed by atoms with van der Waals surface area (Å²) >= 11 is 6.19. The molecule has 3 heterocycles. The molecule has 0 radical (unpaired) electrons. The van der Waals surface area contributed by atoms with Crippen LogP contribution in [0.4, 0.5) is 19.5 Å². The molecule has 1 aromatic carbocycles. The maximum atomic E-state index is 14.4. The van der Waals surface area contributed by atoms with Gasteiger partial charge in [0.05, 0.1) is 20.8 Å². The fourth-order valence-corrected chi connectivity index (χ4v) is 4.04.